The molecule has 0 N–H and O–H groups in total. The van der Waals surface area contributed by atoms with Crippen LogP contribution in [0.15, 0.2) is 12.7 Å². The second kappa shape index (κ2) is 2.67. The molecular formula is C7H10O2. The predicted octanol–water partition coefficient (Wildman–Crippen LogP) is 1.27. The van der Waals surface area contributed by atoms with Crippen LogP contribution in [0.3, 0.4) is 0 Å². The van der Waals surface area contributed by atoms with Gasteiger partial charge in [-0.3, -0.25) is 4.79 Å². The van der Waals surface area contributed by atoms with Crippen molar-refractivity contribution < 1.29 is 9.53 Å². The minimum absolute atomic E-state index is 0.146. The van der Waals surface area contributed by atoms with Gasteiger partial charge in [0.25, 0.3) is 0 Å². The van der Waals surface area contributed by atoms with E-state index in [1.807, 2.05) is 0 Å². The summed E-state index contributed by atoms with van der Waals surface area (Å²) in [5.74, 6) is -0.146. The SMILES string of the molecule is C=CCC(=O)OC1CC1. The van der Waals surface area contributed by atoms with Crippen molar-refractivity contribution in [3.63, 3.8) is 0 Å². The van der Waals surface area contributed by atoms with Gasteiger partial charge in [0, 0.05) is 0 Å². The average Bonchev–Trinajstić information content (AvgIpc) is 2.50. The molecule has 0 aliphatic heterocycles. The van der Waals surface area contributed by atoms with Crippen LogP contribution < -0.4 is 0 Å². The number of hydrogen-bond acceptors (Lipinski definition) is 2. The van der Waals surface area contributed by atoms with Crippen LogP contribution in [0.4, 0.5) is 0 Å². The third-order valence-corrected chi connectivity index (χ3v) is 1.13. The molecule has 0 spiro atoms. The fourth-order valence-corrected chi connectivity index (χ4v) is 0.538. The van der Waals surface area contributed by atoms with Crippen molar-refractivity contribution in [3.05, 3.63) is 12.7 Å². The first-order valence-corrected chi connectivity index (χ1v) is 3.13. The molecule has 1 saturated carbocycles. The van der Waals surface area contributed by atoms with Crippen molar-refractivity contribution in [2.45, 2.75) is 25.4 Å². The van der Waals surface area contributed by atoms with E-state index in [4.69, 9.17) is 4.74 Å². The molecule has 0 aromatic heterocycles. The van der Waals surface area contributed by atoms with E-state index in [0.717, 1.165) is 12.8 Å². The molecule has 9 heavy (non-hydrogen) atoms. The molecule has 0 atom stereocenters. The van der Waals surface area contributed by atoms with Crippen LogP contribution in [-0.2, 0) is 9.53 Å². The first kappa shape index (κ1) is 6.33. The van der Waals surface area contributed by atoms with E-state index < -0.39 is 0 Å². The monoisotopic (exact) mass is 126 g/mol. The molecule has 0 saturated heterocycles. The van der Waals surface area contributed by atoms with Gasteiger partial charge in [-0.1, -0.05) is 6.08 Å². The summed E-state index contributed by atoms with van der Waals surface area (Å²) in [6.45, 7) is 3.43. The maximum atomic E-state index is 10.6. The summed E-state index contributed by atoms with van der Waals surface area (Å²) in [5.41, 5.74) is 0. The topological polar surface area (TPSA) is 26.3 Å². The molecule has 1 rings (SSSR count). The van der Waals surface area contributed by atoms with Gasteiger partial charge in [-0.15, -0.1) is 6.58 Å². The van der Waals surface area contributed by atoms with Crippen LogP contribution in [0, 0.1) is 0 Å². The maximum Gasteiger partial charge on any atom is 0.309 e. The summed E-state index contributed by atoms with van der Waals surface area (Å²) >= 11 is 0. The van der Waals surface area contributed by atoms with E-state index in [9.17, 15) is 4.79 Å². The zero-order chi connectivity index (χ0) is 6.69. The molecule has 0 aromatic rings. The minimum Gasteiger partial charge on any atom is -0.462 e. The van der Waals surface area contributed by atoms with Crippen LogP contribution in [0.1, 0.15) is 19.3 Å². The van der Waals surface area contributed by atoms with Crippen LogP contribution in [0.2, 0.25) is 0 Å². The highest BCUT2D eigenvalue weighted by Crippen LogP contribution is 2.23. The van der Waals surface area contributed by atoms with Crippen LogP contribution in [0.25, 0.3) is 0 Å². The molecule has 1 aliphatic rings. The zero-order valence-electron chi connectivity index (χ0n) is 5.30. The van der Waals surface area contributed by atoms with E-state index in [2.05, 4.69) is 6.58 Å². The van der Waals surface area contributed by atoms with Gasteiger partial charge in [0.2, 0.25) is 0 Å². The van der Waals surface area contributed by atoms with Gasteiger partial charge in [-0.25, -0.2) is 0 Å². The predicted molar refractivity (Wildman–Crippen MR) is 33.9 cm³/mol. The largest absolute Gasteiger partial charge is 0.462 e. The third-order valence-electron chi connectivity index (χ3n) is 1.13. The lowest BCUT2D eigenvalue weighted by Gasteiger charge is -1.96. The molecular weight excluding hydrogens is 116 g/mol. The third kappa shape index (κ3) is 2.31. The van der Waals surface area contributed by atoms with Crippen molar-refractivity contribution in [1.29, 1.82) is 0 Å². The lowest BCUT2D eigenvalue weighted by Crippen LogP contribution is -2.03. The molecule has 1 fully saturated rings. The number of carbonyl (C=O) groups excluding carboxylic acids is 1. The number of esters is 1. The van der Waals surface area contributed by atoms with E-state index in [1.54, 1.807) is 6.08 Å². The van der Waals surface area contributed by atoms with Crippen LogP contribution in [0.5, 0.6) is 0 Å². The summed E-state index contributed by atoms with van der Waals surface area (Å²) in [6, 6.07) is 0. The average molecular weight is 126 g/mol. The van der Waals surface area contributed by atoms with E-state index in [1.165, 1.54) is 0 Å². The van der Waals surface area contributed by atoms with E-state index in [0.29, 0.717) is 6.42 Å². The summed E-state index contributed by atoms with van der Waals surface area (Å²) in [7, 11) is 0. The van der Waals surface area contributed by atoms with Crippen LogP contribution >= 0.6 is 0 Å². The Morgan fingerprint density at radius 2 is 2.44 bits per heavy atom. The quantitative estimate of drug-likeness (QED) is 0.420. The molecule has 0 amide bonds. The standard InChI is InChI=1S/C7H10O2/c1-2-3-7(8)9-6-4-5-6/h2,6H,1,3-5H2. The number of rotatable bonds is 3. The second-order valence-corrected chi connectivity index (χ2v) is 2.18. The first-order chi connectivity index (χ1) is 4.33. The molecule has 0 unspecified atom stereocenters. The van der Waals surface area contributed by atoms with Crippen molar-refractivity contribution in [2.24, 2.45) is 0 Å². The Morgan fingerprint density at radius 3 is 2.89 bits per heavy atom. The van der Waals surface area contributed by atoms with E-state index >= 15 is 0 Å². The molecule has 1 aliphatic carbocycles. The number of hydrogen-bond donors (Lipinski definition) is 0. The van der Waals surface area contributed by atoms with Gasteiger partial charge >= 0.3 is 5.97 Å². The number of ether oxygens (including phenoxy) is 1. The summed E-state index contributed by atoms with van der Waals surface area (Å²) in [6.07, 6.45) is 4.23. The summed E-state index contributed by atoms with van der Waals surface area (Å²) in [4.78, 5) is 10.6. The molecule has 2 heteroatoms. The Kier molecular flexibility index (Phi) is 1.88. The smallest absolute Gasteiger partial charge is 0.309 e. The Hall–Kier alpha value is -0.790. The molecule has 0 aromatic carbocycles. The highest BCUT2D eigenvalue weighted by molar-refractivity contribution is 5.71. The first-order valence-electron chi connectivity index (χ1n) is 3.13. The summed E-state index contributed by atoms with van der Waals surface area (Å²) in [5, 5.41) is 0. The Bertz CT molecular complexity index is 125. The second-order valence-electron chi connectivity index (χ2n) is 2.18. The molecule has 0 radical (unpaired) electrons. The molecule has 50 valence electrons. The Balaban J connectivity index is 2.09. The van der Waals surface area contributed by atoms with Crippen molar-refractivity contribution >= 4 is 5.97 Å². The molecule has 0 heterocycles. The fourth-order valence-electron chi connectivity index (χ4n) is 0.538. The lowest BCUT2D eigenvalue weighted by atomic mass is 10.4. The highest BCUT2D eigenvalue weighted by atomic mass is 16.5. The highest BCUT2D eigenvalue weighted by Gasteiger charge is 2.25. The van der Waals surface area contributed by atoms with Gasteiger partial charge in [0.1, 0.15) is 6.10 Å². The molecule has 2 nitrogen and oxygen atoms in total. The Labute approximate surface area is 54.5 Å². The van der Waals surface area contributed by atoms with Gasteiger partial charge in [0.15, 0.2) is 0 Å². The van der Waals surface area contributed by atoms with Crippen molar-refractivity contribution in [2.75, 3.05) is 0 Å². The van der Waals surface area contributed by atoms with Crippen molar-refractivity contribution in [1.82, 2.24) is 0 Å². The van der Waals surface area contributed by atoms with Gasteiger partial charge < -0.3 is 4.74 Å². The minimum atomic E-state index is -0.146. The fraction of sp³-hybridized carbons (Fsp3) is 0.571. The maximum absolute atomic E-state index is 10.6. The van der Waals surface area contributed by atoms with Gasteiger partial charge in [-0.05, 0) is 12.8 Å². The normalized spacial score (nSPS) is 16.9. The molecule has 0 bridgehead atoms. The van der Waals surface area contributed by atoms with Gasteiger partial charge in [-0.2, -0.15) is 0 Å². The van der Waals surface area contributed by atoms with Crippen molar-refractivity contribution in [3.8, 4) is 0 Å². The summed E-state index contributed by atoms with van der Waals surface area (Å²) < 4.78 is 4.89. The number of carbonyl (C=O) groups is 1. The van der Waals surface area contributed by atoms with E-state index in [-0.39, 0.29) is 12.1 Å². The zero-order valence-corrected chi connectivity index (χ0v) is 5.30. The van der Waals surface area contributed by atoms with Crippen LogP contribution in [-0.4, -0.2) is 12.1 Å². The Morgan fingerprint density at radius 1 is 1.78 bits per heavy atom. The van der Waals surface area contributed by atoms with Gasteiger partial charge in [0.05, 0.1) is 6.42 Å². The lowest BCUT2D eigenvalue weighted by molar-refractivity contribution is -0.143.